The minimum atomic E-state index is -4.62. The maximum atomic E-state index is 13.5. The zero-order chi connectivity index (χ0) is 13.2. The first-order valence-corrected chi connectivity index (χ1v) is 5.07. The van der Waals surface area contributed by atoms with Gasteiger partial charge in [-0.1, -0.05) is 11.6 Å². The van der Waals surface area contributed by atoms with E-state index in [0.29, 0.717) is 12.1 Å². The zero-order valence-electron chi connectivity index (χ0n) is 8.56. The van der Waals surface area contributed by atoms with E-state index >= 15 is 0 Å². The maximum Gasteiger partial charge on any atom is 0.416 e. The summed E-state index contributed by atoms with van der Waals surface area (Å²) in [6, 6.07) is 0.0907. The first-order chi connectivity index (χ1) is 7.77. The molecule has 0 aliphatic rings. The number of alkyl halides is 3. The van der Waals surface area contributed by atoms with E-state index in [0.717, 1.165) is 0 Å². The molecule has 3 N–H and O–H groups in total. The zero-order valence-corrected chi connectivity index (χ0v) is 9.32. The number of halogens is 5. The Balaban J connectivity index is 3.25. The van der Waals surface area contributed by atoms with Gasteiger partial charge in [0.25, 0.3) is 0 Å². The van der Waals surface area contributed by atoms with Gasteiger partial charge < -0.3 is 10.8 Å². The molecule has 17 heavy (non-hydrogen) atoms. The van der Waals surface area contributed by atoms with Crippen molar-refractivity contribution in [2.24, 2.45) is 5.73 Å². The molecule has 0 bridgehead atoms. The van der Waals surface area contributed by atoms with Crippen LogP contribution in [-0.2, 0) is 6.18 Å². The summed E-state index contributed by atoms with van der Waals surface area (Å²) >= 11 is 5.38. The highest BCUT2D eigenvalue weighted by Crippen LogP contribution is 2.35. The standard InChI is InChI=1S/C10H10ClF4NO/c11-7-4-5(10(13,14)15)3-6(9(7)12)8(16)1-2-17/h3-4,8,17H,1-2,16H2/t8-/m0/s1. The van der Waals surface area contributed by atoms with Gasteiger partial charge in [-0.25, -0.2) is 4.39 Å². The Morgan fingerprint density at radius 1 is 1.35 bits per heavy atom. The van der Waals surface area contributed by atoms with Crippen LogP contribution in [0.3, 0.4) is 0 Å². The van der Waals surface area contributed by atoms with Crippen molar-refractivity contribution in [3.8, 4) is 0 Å². The average molecular weight is 272 g/mol. The van der Waals surface area contributed by atoms with Crippen LogP contribution in [-0.4, -0.2) is 11.7 Å². The largest absolute Gasteiger partial charge is 0.416 e. The van der Waals surface area contributed by atoms with Gasteiger partial charge in [-0.2, -0.15) is 13.2 Å². The molecule has 1 aromatic carbocycles. The first kappa shape index (κ1) is 14.2. The molecular formula is C10H10ClF4NO. The molecule has 1 atom stereocenters. The Bertz CT molecular complexity index is 408. The molecule has 2 nitrogen and oxygen atoms in total. The second-order valence-electron chi connectivity index (χ2n) is 3.48. The highest BCUT2D eigenvalue weighted by Gasteiger charge is 2.32. The van der Waals surface area contributed by atoms with Gasteiger partial charge in [-0.3, -0.25) is 0 Å². The van der Waals surface area contributed by atoms with Crippen molar-refractivity contribution >= 4 is 11.6 Å². The van der Waals surface area contributed by atoms with Gasteiger partial charge >= 0.3 is 6.18 Å². The van der Waals surface area contributed by atoms with E-state index in [4.69, 9.17) is 22.4 Å². The summed E-state index contributed by atoms with van der Waals surface area (Å²) in [7, 11) is 0. The number of rotatable bonds is 3. The van der Waals surface area contributed by atoms with Crippen molar-refractivity contribution in [3.05, 3.63) is 34.1 Å². The topological polar surface area (TPSA) is 46.2 Å². The van der Waals surface area contributed by atoms with Crippen LogP contribution < -0.4 is 5.73 Å². The molecular weight excluding hydrogens is 262 g/mol. The van der Waals surface area contributed by atoms with Gasteiger partial charge in [0.15, 0.2) is 0 Å². The molecule has 0 unspecified atom stereocenters. The maximum absolute atomic E-state index is 13.5. The van der Waals surface area contributed by atoms with Crippen LogP contribution in [0.1, 0.15) is 23.6 Å². The number of hydrogen-bond donors (Lipinski definition) is 2. The summed E-state index contributed by atoms with van der Waals surface area (Å²) < 4.78 is 50.9. The molecule has 0 heterocycles. The minimum absolute atomic E-state index is 0.0471. The summed E-state index contributed by atoms with van der Waals surface area (Å²) in [5.74, 6) is -0.986. The molecule has 0 aliphatic heterocycles. The van der Waals surface area contributed by atoms with E-state index < -0.39 is 28.6 Å². The van der Waals surface area contributed by atoms with Gasteiger partial charge in [-0.15, -0.1) is 0 Å². The summed E-state index contributed by atoms with van der Waals surface area (Å²) in [6.45, 7) is -0.353. The molecule has 7 heteroatoms. The van der Waals surface area contributed by atoms with Crippen molar-refractivity contribution < 1.29 is 22.7 Å². The molecule has 0 radical (unpaired) electrons. The lowest BCUT2D eigenvalue weighted by Gasteiger charge is -2.15. The van der Waals surface area contributed by atoms with Gasteiger partial charge in [0, 0.05) is 18.2 Å². The Morgan fingerprint density at radius 2 is 1.94 bits per heavy atom. The Kier molecular flexibility index (Phi) is 4.35. The van der Waals surface area contributed by atoms with Crippen molar-refractivity contribution in [1.82, 2.24) is 0 Å². The van der Waals surface area contributed by atoms with Crippen molar-refractivity contribution in [2.45, 2.75) is 18.6 Å². The molecule has 0 aromatic heterocycles. The molecule has 0 fully saturated rings. The first-order valence-electron chi connectivity index (χ1n) is 4.70. The normalized spacial score (nSPS) is 13.8. The van der Waals surface area contributed by atoms with Crippen molar-refractivity contribution in [2.75, 3.05) is 6.61 Å². The highest BCUT2D eigenvalue weighted by molar-refractivity contribution is 6.30. The quantitative estimate of drug-likeness (QED) is 0.831. The predicted octanol–water partition coefficient (Wildman–Crippen LogP) is 2.88. The SMILES string of the molecule is N[C@@H](CCO)c1cc(C(F)(F)F)cc(Cl)c1F. The fourth-order valence-electron chi connectivity index (χ4n) is 1.34. The monoisotopic (exact) mass is 271 g/mol. The van der Waals surface area contributed by atoms with E-state index in [1.165, 1.54) is 0 Å². The number of nitrogens with two attached hydrogens (primary N) is 1. The van der Waals surface area contributed by atoms with Gasteiger partial charge in [0.2, 0.25) is 0 Å². The molecule has 0 spiro atoms. The van der Waals surface area contributed by atoms with E-state index in [1.54, 1.807) is 0 Å². The Morgan fingerprint density at radius 3 is 2.41 bits per heavy atom. The van der Waals surface area contributed by atoms with Crippen LogP contribution >= 0.6 is 11.6 Å². The Labute approximate surface area is 100.0 Å². The molecule has 0 aliphatic carbocycles. The molecule has 96 valence electrons. The van der Waals surface area contributed by atoms with Crippen LogP contribution in [0.15, 0.2) is 12.1 Å². The second kappa shape index (κ2) is 5.20. The summed E-state index contributed by atoms with van der Waals surface area (Å²) in [6.07, 6.45) is -4.67. The molecule has 0 amide bonds. The fourth-order valence-corrected chi connectivity index (χ4v) is 1.57. The molecule has 0 saturated heterocycles. The fraction of sp³-hybridized carbons (Fsp3) is 0.400. The predicted molar refractivity (Wildman–Crippen MR) is 55.0 cm³/mol. The van der Waals surface area contributed by atoms with Crippen molar-refractivity contribution in [1.29, 1.82) is 0 Å². The number of aliphatic hydroxyl groups excluding tert-OH is 1. The van der Waals surface area contributed by atoms with E-state index in [2.05, 4.69) is 0 Å². The lowest BCUT2D eigenvalue weighted by Crippen LogP contribution is -2.16. The van der Waals surface area contributed by atoms with E-state index in [-0.39, 0.29) is 18.6 Å². The third kappa shape index (κ3) is 3.31. The lowest BCUT2D eigenvalue weighted by atomic mass is 10.0. The van der Waals surface area contributed by atoms with Crippen LogP contribution in [0.5, 0.6) is 0 Å². The van der Waals surface area contributed by atoms with Crippen LogP contribution in [0.25, 0.3) is 0 Å². The van der Waals surface area contributed by atoms with Crippen LogP contribution in [0.2, 0.25) is 5.02 Å². The summed E-state index contributed by atoms with van der Waals surface area (Å²) in [4.78, 5) is 0. The molecule has 0 saturated carbocycles. The molecule has 1 rings (SSSR count). The molecule has 1 aromatic rings. The van der Waals surface area contributed by atoms with E-state index in [9.17, 15) is 17.6 Å². The van der Waals surface area contributed by atoms with Gasteiger partial charge in [-0.05, 0) is 18.6 Å². The number of benzene rings is 1. The van der Waals surface area contributed by atoms with Gasteiger partial charge in [0.1, 0.15) is 5.82 Å². The average Bonchev–Trinajstić information content (AvgIpc) is 2.20. The van der Waals surface area contributed by atoms with Crippen molar-refractivity contribution in [3.63, 3.8) is 0 Å². The van der Waals surface area contributed by atoms with Crippen LogP contribution in [0.4, 0.5) is 17.6 Å². The lowest BCUT2D eigenvalue weighted by molar-refractivity contribution is -0.137. The summed E-state index contributed by atoms with van der Waals surface area (Å²) in [5, 5.41) is 7.99. The number of hydrogen-bond acceptors (Lipinski definition) is 2. The third-order valence-electron chi connectivity index (χ3n) is 2.22. The minimum Gasteiger partial charge on any atom is -0.396 e. The van der Waals surface area contributed by atoms with Gasteiger partial charge in [0.05, 0.1) is 10.6 Å². The van der Waals surface area contributed by atoms with E-state index in [1.807, 2.05) is 0 Å². The Hall–Kier alpha value is -0.850. The highest BCUT2D eigenvalue weighted by atomic mass is 35.5. The smallest absolute Gasteiger partial charge is 0.396 e. The third-order valence-corrected chi connectivity index (χ3v) is 2.50. The van der Waals surface area contributed by atoms with Crippen LogP contribution in [0, 0.1) is 5.82 Å². The second-order valence-corrected chi connectivity index (χ2v) is 3.89. The summed E-state index contributed by atoms with van der Waals surface area (Å²) in [5.41, 5.74) is 4.05. The number of aliphatic hydroxyl groups is 1.